The van der Waals surface area contributed by atoms with Gasteiger partial charge >= 0.3 is 0 Å². The molecular formula is C13H18N2O3. The van der Waals surface area contributed by atoms with Crippen molar-refractivity contribution in [1.29, 1.82) is 0 Å². The van der Waals surface area contributed by atoms with Crippen molar-refractivity contribution in [2.45, 2.75) is 0 Å². The third-order valence-electron chi connectivity index (χ3n) is 2.54. The van der Waals surface area contributed by atoms with E-state index in [2.05, 4.69) is 6.58 Å². The van der Waals surface area contributed by atoms with Crippen LogP contribution in [0.25, 0.3) is 0 Å². The summed E-state index contributed by atoms with van der Waals surface area (Å²) in [5.41, 5.74) is 6.59. The maximum absolute atomic E-state index is 12.1. The first-order valence-electron chi connectivity index (χ1n) is 5.43. The predicted molar refractivity (Wildman–Crippen MR) is 71.1 cm³/mol. The van der Waals surface area contributed by atoms with Gasteiger partial charge in [0.25, 0.3) is 5.91 Å². The summed E-state index contributed by atoms with van der Waals surface area (Å²) >= 11 is 0. The number of methoxy groups -OCH3 is 2. The Hall–Kier alpha value is -2.17. The van der Waals surface area contributed by atoms with Gasteiger partial charge in [0.15, 0.2) is 11.5 Å². The van der Waals surface area contributed by atoms with Crippen LogP contribution in [0.1, 0.15) is 10.4 Å². The molecule has 0 saturated carbocycles. The van der Waals surface area contributed by atoms with Crippen LogP contribution in [-0.4, -0.2) is 38.6 Å². The van der Waals surface area contributed by atoms with E-state index in [1.807, 2.05) is 0 Å². The van der Waals surface area contributed by atoms with E-state index in [1.165, 1.54) is 19.1 Å². The first kappa shape index (κ1) is 13.9. The quantitative estimate of drug-likeness (QED) is 0.636. The maximum Gasteiger partial charge on any atom is 0.256 e. The van der Waals surface area contributed by atoms with Crippen molar-refractivity contribution in [3.8, 4) is 11.5 Å². The summed E-state index contributed by atoms with van der Waals surface area (Å²) in [6, 6.07) is 3.16. The standard InChI is InChI=1S/C13H18N2O3/c1-5-6-15(2)13(16)9-7-11(17-3)12(18-4)8-10(9)14/h5,7-8H,1,6,14H2,2-4H3. The average Bonchev–Trinajstić information content (AvgIpc) is 2.37. The molecular weight excluding hydrogens is 232 g/mol. The fraction of sp³-hybridized carbons (Fsp3) is 0.308. The average molecular weight is 250 g/mol. The topological polar surface area (TPSA) is 64.8 Å². The number of hydrogen-bond acceptors (Lipinski definition) is 4. The zero-order valence-electron chi connectivity index (χ0n) is 10.9. The molecule has 0 aliphatic rings. The molecule has 0 saturated heterocycles. The summed E-state index contributed by atoms with van der Waals surface area (Å²) in [4.78, 5) is 13.6. The molecule has 0 aliphatic heterocycles. The lowest BCUT2D eigenvalue weighted by molar-refractivity contribution is 0.0811. The van der Waals surface area contributed by atoms with Gasteiger partial charge in [-0.05, 0) is 6.07 Å². The molecule has 1 aromatic rings. The number of amides is 1. The Morgan fingerprint density at radius 3 is 2.44 bits per heavy atom. The zero-order valence-corrected chi connectivity index (χ0v) is 10.9. The van der Waals surface area contributed by atoms with Crippen LogP contribution in [0, 0.1) is 0 Å². The molecule has 0 aliphatic carbocycles. The molecule has 0 unspecified atom stereocenters. The number of carbonyl (C=O) groups excluding carboxylic acids is 1. The molecule has 1 amide bonds. The van der Waals surface area contributed by atoms with Crippen molar-refractivity contribution in [2.24, 2.45) is 0 Å². The van der Waals surface area contributed by atoms with Crippen LogP contribution >= 0.6 is 0 Å². The monoisotopic (exact) mass is 250 g/mol. The minimum Gasteiger partial charge on any atom is -0.493 e. The number of anilines is 1. The highest BCUT2D eigenvalue weighted by Crippen LogP contribution is 2.32. The summed E-state index contributed by atoms with van der Waals surface area (Å²) in [5.74, 6) is 0.785. The second kappa shape index (κ2) is 5.95. The Labute approximate surface area is 107 Å². The Morgan fingerprint density at radius 2 is 1.94 bits per heavy atom. The molecule has 1 aromatic carbocycles. The number of nitrogen functional groups attached to an aromatic ring is 1. The number of rotatable bonds is 5. The Morgan fingerprint density at radius 1 is 1.39 bits per heavy atom. The van der Waals surface area contributed by atoms with E-state index < -0.39 is 0 Å². The summed E-state index contributed by atoms with van der Waals surface area (Å²) in [6.07, 6.45) is 1.65. The minimum absolute atomic E-state index is 0.187. The van der Waals surface area contributed by atoms with Crippen LogP contribution < -0.4 is 15.2 Å². The van der Waals surface area contributed by atoms with Gasteiger partial charge in [-0.15, -0.1) is 6.58 Å². The molecule has 5 nitrogen and oxygen atoms in total. The SMILES string of the molecule is C=CCN(C)C(=O)c1cc(OC)c(OC)cc1N. The smallest absolute Gasteiger partial charge is 0.256 e. The summed E-state index contributed by atoms with van der Waals surface area (Å²) in [5, 5.41) is 0. The zero-order chi connectivity index (χ0) is 13.7. The molecule has 0 aromatic heterocycles. The lowest BCUT2D eigenvalue weighted by atomic mass is 10.1. The molecule has 0 spiro atoms. The van der Waals surface area contributed by atoms with Gasteiger partial charge in [-0.2, -0.15) is 0 Å². The predicted octanol–water partition coefficient (Wildman–Crippen LogP) is 1.54. The second-order valence-electron chi connectivity index (χ2n) is 3.77. The largest absolute Gasteiger partial charge is 0.493 e. The first-order chi connectivity index (χ1) is 8.54. The molecule has 0 radical (unpaired) electrons. The summed E-state index contributed by atoms with van der Waals surface area (Å²) in [7, 11) is 4.71. The third-order valence-corrected chi connectivity index (χ3v) is 2.54. The third kappa shape index (κ3) is 2.74. The van der Waals surface area contributed by atoms with Gasteiger partial charge in [-0.3, -0.25) is 4.79 Å². The molecule has 98 valence electrons. The fourth-order valence-corrected chi connectivity index (χ4v) is 1.56. The lowest BCUT2D eigenvalue weighted by Crippen LogP contribution is -2.27. The van der Waals surface area contributed by atoms with Crippen molar-refractivity contribution in [2.75, 3.05) is 33.5 Å². The summed E-state index contributed by atoms with van der Waals surface area (Å²) < 4.78 is 10.3. The minimum atomic E-state index is -0.187. The van der Waals surface area contributed by atoms with Gasteiger partial charge in [0.05, 0.1) is 19.8 Å². The van der Waals surface area contributed by atoms with E-state index in [4.69, 9.17) is 15.2 Å². The van der Waals surface area contributed by atoms with E-state index in [0.29, 0.717) is 29.3 Å². The van der Waals surface area contributed by atoms with Crippen LogP contribution in [0.5, 0.6) is 11.5 Å². The fourth-order valence-electron chi connectivity index (χ4n) is 1.56. The number of ether oxygens (including phenoxy) is 2. The second-order valence-corrected chi connectivity index (χ2v) is 3.77. The Bertz CT molecular complexity index is 458. The lowest BCUT2D eigenvalue weighted by Gasteiger charge is -2.17. The van der Waals surface area contributed by atoms with E-state index in [1.54, 1.807) is 25.3 Å². The molecule has 0 bridgehead atoms. The van der Waals surface area contributed by atoms with Crippen molar-refractivity contribution in [3.05, 3.63) is 30.4 Å². The van der Waals surface area contributed by atoms with E-state index in [9.17, 15) is 4.79 Å². The van der Waals surface area contributed by atoms with Crippen molar-refractivity contribution in [3.63, 3.8) is 0 Å². The molecule has 0 heterocycles. The van der Waals surface area contributed by atoms with E-state index in [0.717, 1.165) is 0 Å². The Kier molecular flexibility index (Phi) is 4.59. The maximum atomic E-state index is 12.1. The van der Waals surface area contributed by atoms with Crippen LogP contribution in [0.2, 0.25) is 0 Å². The van der Waals surface area contributed by atoms with Gasteiger partial charge in [0, 0.05) is 25.3 Å². The number of nitrogens with two attached hydrogens (primary N) is 1. The summed E-state index contributed by atoms with van der Waals surface area (Å²) in [6.45, 7) is 4.04. The highest BCUT2D eigenvalue weighted by atomic mass is 16.5. The van der Waals surface area contributed by atoms with Crippen LogP contribution in [-0.2, 0) is 0 Å². The molecule has 0 fully saturated rings. The van der Waals surface area contributed by atoms with Crippen LogP contribution in [0.15, 0.2) is 24.8 Å². The number of benzene rings is 1. The molecule has 0 atom stereocenters. The van der Waals surface area contributed by atoms with Gasteiger partial charge < -0.3 is 20.1 Å². The molecule has 2 N–H and O–H groups in total. The Balaban J connectivity index is 3.16. The number of likely N-dealkylation sites (N-methyl/N-ethyl adjacent to an activating group) is 1. The highest BCUT2D eigenvalue weighted by molar-refractivity contribution is 6.00. The van der Waals surface area contributed by atoms with Gasteiger partial charge in [-0.1, -0.05) is 6.08 Å². The van der Waals surface area contributed by atoms with E-state index >= 15 is 0 Å². The van der Waals surface area contributed by atoms with Gasteiger partial charge in [0.2, 0.25) is 0 Å². The van der Waals surface area contributed by atoms with Crippen LogP contribution in [0.3, 0.4) is 0 Å². The highest BCUT2D eigenvalue weighted by Gasteiger charge is 2.17. The normalized spacial score (nSPS) is 9.72. The molecule has 5 heteroatoms. The number of nitrogens with zero attached hydrogens (tertiary/aromatic N) is 1. The first-order valence-corrected chi connectivity index (χ1v) is 5.43. The number of hydrogen-bond donors (Lipinski definition) is 1. The van der Waals surface area contributed by atoms with E-state index in [-0.39, 0.29) is 5.91 Å². The van der Waals surface area contributed by atoms with Crippen LogP contribution in [0.4, 0.5) is 5.69 Å². The molecule has 18 heavy (non-hydrogen) atoms. The van der Waals surface area contributed by atoms with Gasteiger partial charge in [0.1, 0.15) is 0 Å². The molecule has 1 rings (SSSR count). The number of carbonyl (C=O) groups is 1. The van der Waals surface area contributed by atoms with Crippen molar-refractivity contribution < 1.29 is 14.3 Å². The van der Waals surface area contributed by atoms with Gasteiger partial charge in [-0.25, -0.2) is 0 Å². The van der Waals surface area contributed by atoms with Crippen molar-refractivity contribution >= 4 is 11.6 Å². The van der Waals surface area contributed by atoms with Crippen molar-refractivity contribution in [1.82, 2.24) is 4.90 Å².